The summed E-state index contributed by atoms with van der Waals surface area (Å²) in [5.74, 6) is -15.7. The zero-order valence-corrected chi connectivity index (χ0v) is 60.3. The molecule has 11 amide bonds. The number of nitrogens with one attached hydrogen (secondary N) is 13. The van der Waals surface area contributed by atoms with Crippen molar-refractivity contribution in [2.45, 2.75) is 210 Å². The minimum absolute atomic E-state index is 0.0101. The number of amides is 11. The molecular formula is C68H107N19O19. The van der Waals surface area contributed by atoms with Gasteiger partial charge in [-0.05, 0) is 131 Å². The number of unbranched alkanes of at least 4 members (excludes halogenated alkanes) is 1. The Morgan fingerprint density at radius 1 is 0.519 bits per heavy atom. The Balaban J connectivity index is 1.70. The summed E-state index contributed by atoms with van der Waals surface area (Å²) >= 11 is 0. The number of carboxylic acid groups (broad SMARTS) is 2. The highest BCUT2D eigenvalue weighted by atomic mass is 16.4. The van der Waals surface area contributed by atoms with Gasteiger partial charge in [0.2, 0.25) is 65.0 Å². The zero-order valence-electron chi connectivity index (χ0n) is 60.3. The topological polar surface area (TPSA) is 634 Å². The van der Waals surface area contributed by atoms with E-state index in [2.05, 4.69) is 58.5 Å². The van der Waals surface area contributed by atoms with Crippen molar-refractivity contribution in [3.05, 3.63) is 59.7 Å². The van der Waals surface area contributed by atoms with Crippen molar-refractivity contribution >= 4 is 88.8 Å². The molecule has 27 N–H and O–H groups in total. The van der Waals surface area contributed by atoms with Crippen molar-refractivity contribution in [1.29, 1.82) is 10.8 Å². The fraction of sp³-hybridized carbons (Fsp3) is 0.603. The number of aliphatic carboxylic acids is 2. The van der Waals surface area contributed by atoms with E-state index < -0.39 is 193 Å². The minimum atomic E-state index is -2.08. The van der Waals surface area contributed by atoms with Gasteiger partial charge in [0.05, 0.1) is 25.2 Å². The summed E-state index contributed by atoms with van der Waals surface area (Å²) in [6.45, 7) is 7.37. The van der Waals surface area contributed by atoms with E-state index in [0.717, 1.165) is 11.8 Å². The van der Waals surface area contributed by atoms with Gasteiger partial charge in [-0.2, -0.15) is 0 Å². The summed E-state index contributed by atoms with van der Waals surface area (Å²) in [6, 6.07) is -7.52. The lowest BCUT2D eigenvalue weighted by Gasteiger charge is -2.33. The second kappa shape index (κ2) is 43.7. The first-order valence-electron chi connectivity index (χ1n) is 35.4. The third-order valence-electron chi connectivity index (χ3n) is 18.2. The molecule has 2 fully saturated rings. The standard InChI is InChI=1S/C68H107N19O19/c1-6-36(4)53(84-57(96)42(13-7-8-26-69)79-63(102)52(70)35(2)3)64(103)86-29-11-16-49(86)61(100)78-44(15-10-28-76-68(73)74)56(95)80-45(31-38-18-22-40(90)23-19-38)58(97)77-43(14-9-27-75-67(71)72)55(94)82-47(33-51(92)93)59(98)81-46(32-39-20-24-41(91)25-21-39)60(99)85-54(37(5)89)65(104)87-30-12-17-50(87)62(101)83-48(34-88)66(105)106/h18-25,35-37,42-50,52-54,88-91H,6-17,26-34,69-70H2,1-5H3,(H,77,97)(H,78,100)(H,79,102)(H,80,95)(H,81,98)(H,82,94)(H,83,101)(H,84,96)(H,85,99)(H,92,93)(H,105,106)(H4,71,72,75)(H4,73,74,76)/t36-,37+,42-,43-,44-,45-,46-,47-,48-,49-,50-,52-,53-,54-/m0/s1. The molecule has 2 aromatic carbocycles. The smallest absolute Gasteiger partial charge is 0.328 e. The predicted octanol–water partition coefficient (Wildman–Crippen LogP) is -5.15. The highest BCUT2D eigenvalue weighted by Gasteiger charge is 2.44. The molecule has 2 heterocycles. The number of nitrogens with zero attached hydrogens (tertiary/aromatic N) is 2. The van der Waals surface area contributed by atoms with Crippen LogP contribution in [0, 0.1) is 22.7 Å². The number of aliphatic hydroxyl groups is 2. The average Bonchev–Trinajstić information content (AvgIpc) is 1.59. The molecule has 38 nitrogen and oxygen atoms in total. The quantitative estimate of drug-likeness (QED) is 0.0168. The number of likely N-dealkylation sites (tertiary alicyclic amines) is 2. The molecule has 2 saturated heterocycles. The van der Waals surface area contributed by atoms with E-state index in [-0.39, 0.29) is 107 Å². The number of aromatic hydroxyl groups is 2. The van der Waals surface area contributed by atoms with Gasteiger partial charge in [0.25, 0.3) is 0 Å². The van der Waals surface area contributed by atoms with Crippen LogP contribution < -0.4 is 81.4 Å². The second-order valence-electron chi connectivity index (χ2n) is 26.8. The lowest BCUT2D eigenvalue weighted by Crippen LogP contribution is -2.62. The summed E-state index contributed by atoms with van der Waals surface area (Å²) in [4.78, 5) is 184. The van der Waals surface area contributed by atoms with Crippen LogP contribution in [0.5, 0.6) is 11.5 Å². The van der Waals surface area contributed by atoms with Crippen molar-refractivity contribution < 1.29 is 93.0 Å². The third-order valence-corrected chi connectivity index (χ3v) is 18.2. The van der Waals surface area contributed by atoms with Gasteiger partial charge in [0, 0.05) is 39.0 Å². The van der Waals surface area contributed by atoms with Crippen LogP contribution in [0.15, 0.2) is 48.5 Å². The molecule has 0 aromatic heterocycles. The van der Waals surface area contributed by atoms with Crippen LogP contribution in [0.25, 0.3) is 0 Å². The molecule has 2 aliphatic rings. The van der Waals surface area contributed by atoms with Crippen LogP contribution in [0.4, 0.5) is 0 Å². The summed E-state index contributed by atoms with van der Waals surface area (Å²) in [6.07, 6.45) is -2.03. The molecular weight excluding hydrogens is 1390 g/mol. The lowest BCUT2D eigenvalue weighted by molar-refractivity contribution is -0.147. The van der Waals surface area contributed by atoms with Crippen molar-refractivity contribution in [1.82, 2.24) is 68.3 Å². The number of hydrogen-bond acceptors (Lipinski definition) is 21. The van der Waals surface area contributed by atoms with E-state index in [1.54, 1.807) is 27.7 Å². The molecule has 106 heavy (non-hydrogen) atoms. The summed E-state index contributed by atoms with van der Waals surface area (Å²) in [5.41, 5.74) is 23.5. The van der Waals surface area contributed by atoms with E-state index in [1.165, 1.54) is 53.4 Å². The number of hydrogen-bond donors (Lipinski definition) is 23. The number of carbonyl (C=O) groups is 13. The van der Waals surface area contributed by atoms with Gasteiger partial charge in [-0.25, -0.2) is 4.79 Å². The van der Waals surface area contributed by atoms with Gasteiger partial charge in [-0.15, -0.1) is 0 Å². The maximum Gasteiger partial charge on any atom is 0.328 e. The number of rotatable bonds is 44. The second-order valence-corrected chi connectivity index (χ2v) is 26.8. The molecule has 14 atom stereocenters. The van der Waals surface area contributed by atoms with Gasteiger partial charge in [0.15, 0.2) is 11.9 Å². The lowest BCUT2D eigenvalue weighted by atomic mass is 9.96. The van der Waals surface area contributed by atoms with Gasteiger partial charge < -0.3 is 122 Å². The number of nitrogens with two attached hydrogens (primary N) is 4. The number of phenolic OH excluding ortho intramolecular Hbond substituents is 2. The van der Waals surface area contributed by atoms with Crippen LogP contribution in [0.1, 0.15) is 129 Å². The predicted molar refractivity (Wildman–Crippen MR) is 383 cm³/mol. The van der Waals surface area contributed by atoms with Gasteiger partial charge in [-0.1, -0.05) is 58.4 Å². The first-order valence-corrected chi connectivity index (χ1v) is 35.4. The van der Waals surface area contributed by atoms with Crippen LogP contribution in [0.2, 0.25) is 0 Å². The Bertz CT molecular complexity index is 3370. The maximum atomic E-state index is 15.0. The van der Waals surface area contributed by atoms with Crippen LogP contribution in [0.3, 0.4) is 0 Å². The van der Waals surface area contributed by atoms with Crippen molar-refractivity contribution in [2.75, 3.05) is 39.3 Å². The van der Waals surface area contributed by atoms with Crippen LogP contribution in [-0.2, 0) is 75.2 Å². The van der Waals surface area contributed by atoms with E-state index in [1.807, 2.05) is 0 Å². The first kappa shape index (κ1) is 87.9. The molecule has 0 bridgehead atoms. The van der Waals surface area contributed by atoms with E-state index in [0.29, 0.717) is 37.8 Å². The zero-order chi connectivity index (χ0) is 79.1. The number of guanidine groups is 2. The maximum absolute atomic E-state index is 15.0. The fourth-order valence-electron chi connectivity index (χ4n) is 11.8. The Morgan fingerprint density at radius 2 is 0.896 bits per heavy atom. The molecule has 0 spiro atoms. The van der Waals surface area contributed by atoms with E-state index in [4.69, 9.17) is 33.8 Å². The van der Waals surface area contributed by atoms with Gasteiger partial charge in [0.1, 0.15) is 78.0 Å². The number of benzene rings is 2. The molecule has 0 unspecified atom stereocenters. The third kappa shape index (κ3) is 28.2. The molecule has 0 saturated carbocycles. The fourth-order valence-corrected chi connectivity index (χ4v) is 11.8. The number of carboxylic acids is 2. The number of aliphatic hydroxyl groups excluding tert-OH is 2. The molecule has 4 rings (SSSR count). The normalized spacial score (nSPS) is 17.5. The van der Waals surface area contributed by atoms with Crippen LogP contribution in [-0.4, -0.2) is 247 Å². The molecule has 2 aliphatic heterocycles. The average molecular weight is 1490 g/mol. The molecule has 588 valence electrons. The molecule has 2 aromatic rings. The van der Waals surface area contributed by atoms with Crippen LogP contribution >= 0.6 is 0 Å². The van der Waals surface area contributed by atoms with E-state index in [9.17, 15) is 93.0 Å². The number of carbonyl (C=O) groups excluding carboxylic acids is 11. The highest BCUT2D eigenvalue weighted by molar-refractivity contribution is 6.00. The van der Waals surface area contributed by atoms with Gasteiger partial charge >= 0.3 is 11.9 Å². The first-order chi connectivity index (χ1) is 50.1. The van der Waals surface area contributed by atoms with Crippen molar-refractivity contribution in [3.8, 4) is 11.5 Å². The summed E-state index contributed by atoms with van der Waals surface area (Å²) in [7, 11) is 0. The summed E-state index contributed by atoms with van der Waals surface area (Å²) < 4.78 is 0. The Hall–Kier alpha value is -10.5. The Morgan fingerprint density at radius 3 is 1.31 bits per heavy atom. The van der Waals surface area contributed by atoms with E-state index >= 15 is 0 Å². The Labute approximate surface area is 613 Å². The summed E-state index contributed by atoms with van der Waals surface area (Å²) in [5, 5.41) is 104. The monoisotopic (exact) mass is 1490 g/mol. The minimum Gasteiger partial charge on any atom is -0.508 e. The molecule has 0 radical (unpaired) electrons. The number of phenols is 2. The van der Waals surface area contributed by atoms with Crippen molar-refractivity contribution in [2.24, 2.45) is 34.8 Å². The van der Waals surface area contributed by atoms with Gasteiger partial charge in [-0.3, -0.25) is 68.4 Å². The highest BCUT2D eigenvalue weighted by Crippen LogP contribution is 2.24. The Kier molecular flexibility index (Phi) is 36.3. The largest absolute Gasteiger partial charge is 0.508 e. The van der Waals surface area contributed by atoms with Crippen molar-refractivity contribution in [3.63, 3.8) is 0 Å². The molecule has 0 aliphatic carbocycles. The molecule has 38 heteroatoms. The SMILES string of the molecule is CC[C@H](C)[C@H](NC(=O)[C@H](CCCCN)NC(=O)[C@@H](N)C(C)C)C(=O)N1CCC[C@H]1C(=O)N[C@@H](CCCNC(=N)N)C(=O)N[C@@H](Cc1ccc(O)cc1)C(=O)N[C@@H](CCCNC(=N)N)C(=O)N[C@@H](CC(=O)O)C(=O)N[C@@H](Cc1ccc(O)cc1)C(=O)N[C@H](C(=O)N1CCC[C@H]1C(=O)N[C@@H](CO)C(=O)O)[C@@H](C)O.